The van der Waals surface area contributed by atoms with Crippen LogP contribution < -0.4 is 0 Å². The van der Waals surface area contributed by atoms with E-state index in [0.717, 1.165) is 0 Å². The van der Waals surface area contributed by atoms with Crippen molar-refractivity contribution < 1.29 is 56.5 Å². The van der Waals surface area contributed by atoms with E-state index in [4.69, 9.17) is 14.2 Å². The molecule has 0 spiro atoms. The van der Waals surface area contributed by atoms with Gasteiger partial charge in [-0.05, 0) is 6.42 Å². The Balaban J connectivity index is 0.000000963. The average molecular weight is 298 g/mol. The average Bonchev–Trinajstić information content (AvgIpc) is 2.81. The topological polar surface area (TPSA) is 61.8 Å². The fraction of sp³-hybridized carbons (Fsp3) is 0.600. The maximum Gasteiger partial charge on any atom is 0.312 e. The summed E-state index contributed by atoms with van der Waals surface area (Å²) >= 11 is 0. The van der Waals surface area contributed by atoms with Gasteiger partial charge in [-0.15, -0.1) is 0 Å². The van der Waals surface area contributed by atoms with Gasteiger partial charge in [0.15, 0.2) is 12.2 Å². The summed E-state index contributed by atoms with van der Waals surface area (Å²) in [6.07, 6.45) is 1.33. The Morgan fingerprint density at radius 3 is 2.94 bits per heavy atom. The van der Waals surface area contributed by atoms with Crippen LogP contribution >= 0.6 is 0 Å². The molecule has 0 aliphatic carbocycles. The van der Waals surface area contributed by atoms with Crippen molar-refractivity contribution in [1.29, 1.82) is 0 Å². The summed E-state index contributed by atoms with van der Waals surface area (Å²) in [6.45, 7) is 3.19. The van der Waals surface area contributed by atoms with Crippen molar-refractivity contribution >= 4 is 11.9 Å². The van der Waals surface area contributed by atoms with E-state index < -0.39 is 18.2 Å². The molecule has 0 N–H and O–H groups in total. The number of carbonyl (C=O) groups is 2. The molecule has 6 heteroatoms. The van der Waals surface area contributed by atoms with Crippen LogP contribution in [0.5, 0.6) is 0 Å². The number of ether oxygens (including phenoxy) is 3. The van der Waals surface area contributed by atoms with Gasteiger partial charge in [-0.2, -0.15) is 0 Å². The van der Waals surface area contributed by atoms with Crippen LogP contribution in [0, 0.1) is 12.0 Å². The number of rotatable bonds is 2. The standard InChI is InChI=1S/C10H9O5.Y/c1-2-6(11)14-8-5-3-4-7(13-5)9(8)15-10(4)12;/h4-5,7-9H,1,3H2;/q-1;. The van der Waals surface area contributed by atoms with Gasteiger partial charge in [0, 0.05) is 32.7 Å². The molecular formula is C10H9O5Y-. The van der Waals surface area contributed by atoms with E-state index in [-0.39, 0.29) is 56.8 Å². The van der Waals surface area contributed by atoms with Crippen LogP contribution in [0.15, 0.2) is 6.58 Å². The number of carbonyl (C=O) groups excluding carboxylic acids is 2. The molecule has 3 fully saturated rings. The van der Waals surface area contributed by atoms with E-state index in [0.29, 0.717) is 6.42 Å². The number of hydrogen-bond donors (Lipinski definition) is 0. The van der Waals surface area contributed by atoms with Crippen molar-refractivity contribution in [3.05, 3.63) is 12.7 Å². The zero-order valence-electron chi connectivity index (χ0n) is 8.42. The van der Waals surface area contributed by atoms with Crippen molar-refractivity contribution in [2.24, 2.45) is 5.92 Å². The van der Waals surface area contributed by atoms with E-state index in [9.17, 15) is 9.59 Å². The summed E-state index contributed by atoms with van der Waals surface area (Å²) < 4.78 is 15.7. The summed E-state index contributed by atoms with van der Waals surface area (Å²) in [6, 6.07) is 0. The molecule has 1 radical (unpaired) electrons. The molecule has 0 aromatic heterocycles. The molecule has 3 aliphatic rings. The summed E-state index contributed by atoms with van der Waals surface area (Å²) in [7, 11) is 0. The van der Waals surface area contributed by atoms with Gasteiger partial charge in [0.05, 0.1) is 12.0 Å². The second kappa shape index (κ2) is 4.20. The Hall–Kier alpha value is -0.256. The van der Waals surface area contributed by atoms with Crippen LogP contribution in [0.2, 0.25) is 0 Å². The first-order valence-corrected chi connectivity index (χ1v) is 4.80. The molecule has 83 valence electrons. The quantitative estimate of drug-likeness (QED) is 0.394. The molecule has 16 heavy (non-hydrogen) atoms. The van der Waals surface area contributed by atoms with Gasteiger partial charge in [0.25, 0.3) is 0 Å². The molecule has 3 saturated heterocycles. The second-order valence-electron chi connectivity index (χ2n) is 3.93. The Bertz CT molecular complexity index is 355. The number of esters is 2. The first-order chi connectivity index (χ1) is 7.20. The SMILES string of the molecule is C=[C-]C(=O)OC1C2CC3C(=O)OC1C3O2.[Y]. The minimum Gasteiger partial charge on any atom is -0.480 e. The Morgan fingerprint density at radius 1 is 1.50 bits per heavy atom. The van der Waals surface area contributed by atoms with E-state index in [1.54, 1.807) is 0 Å². The Morgan fingerprint density at radius 2 is 2.25 bits per heavy atom. The number of hydrogen-bond acceptors (Lipinski definition) is 5. The fourth-order valence-electron chi connectivity index (χ4n) is 2.55. The summed E-state index contributed by atoms with van der Waals surface area (Å²) in [4.78, 5) is 22.3. The van der Waals surface area contributed by atoms with Gasteiger partial charge in [-0.1, -0.05) is 0 Å². The van der Waals surface area contributed by atoms with Crippen LogP contribution in [-0.4, -0.2) is 36.4 Å². The van der Waals surface area contributed by atoms with Crippen molar-refractivity contribution in [2.45, 2.75) is 30.8 Å². The summed E-state index contributed by atoms with van der Waals surface area (Å²) in [5.41, 5.74) is 0. The van der Waals surface area contributed by atoms with Crippen LogP contribution in [-0.2, 0) is 56.5 Å². The number of fused-ring (bicyclic) bond motifs is 1. The van der Waals surface area contributed by atoms with Crippen molar-refractivity contribution in [3.8, 4) is 0 Å². The van der Waals surface area contributed by atoms with Gasteiger partial charge in [0.1, 0.15) is 12.1 Å². The zero-order chi connectivity index (χ0) is 10.6. The molecule has 0 aromatic rings. The van der Waals surface area contributed by atoms with Crippen LogP contribution in [0.1, 0.15) is 6.42 Å². The van der Waals surface area contributed by atoms with Gasteiger partial charge >= 0.3 is 5.97 Å². The smallest absolute Gasteiger partial charge is 0.312 e. The third kappa shape index (κ3) is 1.57. The van der Waals surface area contributed by atoms with Gasteiger partial charge in [-0.3, -0.25) is 16.2 Å². The Labute approximate surface area is 117 Å². The summed E-state index contributed by atoms with van der Waals surface area (Å²) in [5.74, 6) is -1.04. The molecule has 3 aliphatic heterocycles. The van der Waals surface area contributed by atoms with Crippen molar-refractivity contribution in [2.75, 3.05) is 0 Å². The van der Waals surface area contributed by atoms with E-state index in [2.05, 4.69) is 12.7 Å². The van der Waals surface area contributed by atoms with E-state index >= 15 is 0 Å². The third-order valence-corrected chi connectivity index (χ3v) is 3.17. The maximum atomic E-state index is 11.3. The molecular weight excluding hydrogens is 289 g/mol. The molecule has 3 heterocycles. The molecule has 2 bridgehead atoms. The maximum absolute atomic E-state index is 11.3. The molecule has 5 nitrogen and oxygen atoms in total. The van der Waals surface area contributed by atoms with Crippen molar-refractivity contribution in [3.63, 3.8) is 0 Å². The molecule has 5 unspecified atom stereocenters. The van der Waals surface area contributed by atoms with E-state index in [1.807, 2.05) is 0 Å². The predicted octanol–water partition coefficient (Wildman–Crippen LogP) is -0.402. The predicted molar refractivity (Wildman–Crippen MR) is 45.4 cm³/mol. The molecule has 0 saturated carbocycles. The first-order valence-electron chi connectivity index (χ1n) is 4.80. The largest absolute Gasteiger partial charge is 0.480 e. The Kier molecular flexibility index (Phi) is 3.21. The second-order valence-corrected chi connectivity index (χ2v) is 3.93. The van der Waals surface area contributed by atoms with Crippen LogP contribution in [0.3, 0.4) is 0 Å². The summed E-state index contributed by atoms with van der Waals surface area (Å²) in [5, 5.41) is 0. The van der Waals surface area contributed by atoms with Crippen molar-refractivity contribution in [1.82, 2.24) is 0 Å². The van der Waals surface area contributed by atoms with Gasteiger partial charge in [-0.25, -0.2) is 0 Å². The minimum absolute atomic E-state index is 0. The molecule has 3 rings (SSSR count). The fourth-order valence-corrected chi connectivity index (χ4v) is 2.55. The minimum atomic E-state index is -0.629. The first kappa shape index (κ1) is 12.2. The monoisotopic (exact) mass is 298 g/mol. The normalized spacial score (nSPS) is 42.5. The van der Waals surface area contributed by atoms with Crippen LogP contribution in [0.4, 0.5) is 0 Å². The molecule has 0 aromatic carbocycles. The third-order valence-electron chi connectivity index (χ3n) is 3.17. The van der Waals surface area contributed by atoms with Gasteiger partial charge < -0.3 is 20.3 Å². The van der Waals surface area contributed by atoms with Gasteiger partial charge in [0.2, 0.25) is 0 Å². The zero-order valence-corrected chi connectivity index (χ0v) is 11.3. The molecule has 5 atom stereocenters. The van der Waals surface area contributed by atoms with Crippen LogP contribution in [0.25, 0.3) is 0 Å². The molecule has 0 amide bonds. The van der Waals surface area contributed by atoms with E-state index in [1.165, 1.54) is 0 Å².